The van der Waals surface area contributed by atoms with Crippen LogP contribution in [0.2, 0.25) is 0 Å². The zero-order chi connectivity index (χ0) is 11.7. The van der Waals surface area contributed by atoms with E-state index in [1.165, 1.54) is 11.3 Å². The molecule has 2 unspecified atom stereocenters. The third-order valence-corrected chi connectivity index (χ3v) is 5.84. The number of carbonyl (C=O) groups excluding carboxylic acids is 1. The van der Waals surface area contributed by atoms with Gasteiger partial charge in [-0.1, -0.05) is 22.9 Å². The highest BCUT2D eigenvalue weighted by Crippen LogP contribution is 2.27. The molecule has 2 heterocycles. The number of carbonyl (C=O) groups is 1. The molecule has 0 N–H and O–H groups in total. The summed E-state index contributed by atoms with van der Waals surface area (Å²) in [6.45, 7) is 3.89. The summed E-state index contributed by atoms with van der Waals surface area (Å²) >= 11 is 8.54. The van der Waals surface area contributed by atoms with Gasteiger partial charge in [-0.05, 0) is 40.4 Å². The number of hydrogen-bond acceptors (Lipinski definition) is 2. The molecule has 2 atom stereocenters. The Bertz CT molecular complexity index is 393. The number of likely N-dealkylation sites (tertiary alicyclic amines) is 1. The first-order chi connectivity index (χ1) is 7.58. The SMILES string of the molecule is CC1CN(C(=O)c2ccc(Br)s2)CCC1Br. The van der Waals surface area contributed by atoms with Crippen molar-refractivity contribution in [1.29, 1.82) is 0 Å². The van der Waals surface area contributed by atoms with Crippen LogP contribution in [0, 0.1) is 5.92 Å². The molecule has 2 rings (SSSR count). The summed E-state index contributed by atoms with van der Waals surface area (Å²) in [5.41, 5.74) is 0. The zero-order valence-electron chi connectivity index (χ0n) is 8.95. The fraction of sp³-hybridized carbons (Fsp3) is 0.545. The minimum absolute atomic E-state index is 0.168. The smallest absolute Gasteiger partial charge is 0.263 e. The Labute approximate surface area is 116 Å². The van der Waals surface area contributed by atoms with Crippen LogP contribution in [0.15, 0.2) is 15.9 Å². The Kier molecular flexibility index (Phi) is 4.08. The van der Waals surface area contributed by atoms with Crippen LogP contribution in [0.25, 0.3) is 0 Å². The maximum atomic E-state index is 12.2. The van der Waals surface area contributed by atoms with Gasteiger partial charge in [0.1, 0.15) is 0 Å². The lowest BCUT2D eigenvalue weighted by Gasteiger charge is -2.34. The predicted molar refractivity (Wildman–Crippen MR) is 74.4 cm³/mol. The van der Waals surface area contributed by atoms with E-state index in [-0.39, 0.29) is 5.91 Å². The van der Waals surface area contributed by atoms with Gasteiger partial charge >= 0.3 is 0 Å². The average Bonchev–Trinajstić information content (AvgIpc) is 2.68. The normalized spacial score (nSPS) is 25.8. The van der Waals surface area contributed by atoms with Crippen LogP contribution in [-0.2, 0) is 0 Å². The topological polar surface area (TPSA) is 20.3 Å². The average molecular weight is 367 g/mol. The van der Waals surface area contributed by atoms with Gasteiger partial charge in [0.05, 0.1) is 8.66 Å². The van der Waals surface area contributed by atoms with Crippen molar-refractivity contribution >= 4 is 49.1 Å². The molecule has 88 valence electrons. The fourth-order valence-electron chi connectivity index (χ4n) is 1.89. The van der Waals surface area contributed by atoms with E-state index in [0.29, 0.717) is 10.7 Å². The standard InChI is InChI=1S/C11H13Br2NOS/c1-7-6-14(5-4-8(7)12)11(15)9-2-3-10(13)16-9/h2-3,7-8H,4-6H2,1H3. The monoisotopic (exact) mass is 365 g/mol. The molecule has 1 amide bonds. The molecule has 16 heavy (non-hydrogen) atoms. The molecule has 1 saturated heterocycles. The Morgan fingerprint density at radius 1 is 1.56 bits per heavy atom. The second kappa shape index (κ2) is 5.19. The van der Waals surface area contributed by atoms with Gasteiger partial charge in [0.15, 0.2) is 0 Å². The Morgan fingerprint density at radius 2 is 2.31 bits per heavy atom. The van der Waals surface area contributed by atoms with Crippen LogP contribution in [0.4, 0.5) is 0 Å². The van der Waals surface area contributed by atoms with E-state index in [4.69, 9.17) is 0 Å². The summed E-state index contributed by atoms with van der Waals surface area (Å²) in [6.07, 6.45) is 1.04. The first-order valence-electron chi connectivity index (χ1n) is 5.26. The number of hydrogen-bond donors (Lipinski definition) is 0. The van der Waals surface area contributed by atoms with Crippen molar-refractivity contribution in [3.05, 3.63) is 20.8 Å². The molecule has 1 aromatic heterocycles. The van der Waals surface area contributed by atoms with Crippen LogP contribution in [-0.4, -0.2) is 28.7 Å². The van der Waals surface area contributed by atoms with E-state index >= 15 is 0 Å². The number of nitrogens with zero attached hydrogens (tertiary/aromatic N) is 1. The number of amides is 1. The van der Waals surface area contributed by atoms with E-state index in [1.807, 2.05) is 17.0 Å². The van der Waals surface area contributed by atoms with Crippen molar-refractivity contribution < 1.29 is 4.79 Å². The summed E-state index contributed by atoms with van der Waals surface area (Å²) in [4.78, 5) is 15.5. The number of alkyl halides is 1. The lowest BCUT2D eigenvalue weighted by Crippen LogP contribution is -2.43. The van der Waals surface area contributed by atoms with Crippen LogP contribution < -0.4 is 0 Å². The maximum absolute atomic E-state index is 12.2. The highest BCUT2D eigenvalue weighted by atomic mass is 79.9. The lowest BCUT2D eigenvalue weighted by molar-refractivity contribution is 0.0695. The van der Waals surface area contributed by atoms with Crippen molar-refractivity contribution in [3.63, 3.8) is 0 Å². The quantitative estimate of drug-likeness (QED) is 0.693. The zero-order valence-corrected chi connectivity index (χ0v) is 12.9. The highest BCUT2D eigenvalue weighted by Gasteiger charge is 2.27. The van der Waals surface area contributed by atoms with Crippen LogP contribution >= 0.6 is 43.2 Å². The van der Waals surface area contributed by atoms with Crippen molar-refractivity contribution in [2.24, 2.45) is 5.92 Å². The molecule has 1 fully saturated rings. The van der Waals surface area contributed by atoms with Crippen LogP contribution in [0.3, 0.4) is 0 Å². The summed E-state index contributed by atoms with van der Waals surface area (Å²) < 4.78 is 1.01. The third kappa shape index (κ3) is 2.68. The predicted octanol–water partition coefficient (Wildman–Crippen LogP) is 3.76. The molecular formula is C11H13Br2NOS. The first kappa shape index (κ1) is 12.6. The van der Waals surface area contributed by atoms with Gasteiger partial charge in [0, 0.05) is 17.9 Å². The summed E-state index contributed by atoms with van der Waals surface area (Å²) in [5, 5.41) is 0. The molecule has 0 radical (unpaired) electrons. The molecule has 1 aliphatic heterocycles. The van der Waals surface area contributed by atoms with Crippen LogP contribution in [0.1, 0.15) is 23.0 Å². The van der Waals surface area contributed by atoms with Crippen molar-refractivity contribution in [3.8, 4) is 0 Å². The largest absolute Gasteiger partial charge is 0.338 e. The van der Waals surface area contributed by atoms with E-state index in [1.54, 1.807) is 0 Å². The number of rotatable bonds is 1. The molecule has 0 saturated carbocycles. The molecule has 5 heteroatoms. The Hall–Kier alpha value is 0.130. The molecule has 0 bridgehead atoms. The molecule has 0 spiro atoms. The van der Waals surface area contributed by atoms with Crippen LogP contribution in [0.5, 0.6) is 0 Å². The summed E-state index contributed by atoms with van der Waals surface area (Å²) in [5.74, 6) is 0.697. The summed E-state index contributed by atoms with van der Waals surface area (Å²) in [6, 6.07) is 3.82. The third-order valence-electron chi connectivity index (χ3n) is 2.87. The lowest BCUT2D eigenvalue weighted by atomic mass is 10.00. The Balaban J connectivity index is 2.06. The summed E-state index contributed by atoms with van der Waals surface area (Å²) in [7, 11) is 0. The fourth-order valence-corrected chi connectivity index (χ4v) is 3.61. The molecular weight excluding hydrogens is 354 g/mol. The van der Waals surface area contributed by atoms with Gasteiger partial charge < -0.3 is 4.90 Å². The Morgan fingerprint density at radius 3 is 2.88 bits per heavy atom. The minimum Gasteiger partial charge on any atom is -0.338 e. The highest BCUT2D eigenvalue weighted by molar-refractivity contribution is 9.11. The molecule has 0 aromatic carbocycles. The second-order valence-corrected chi connectivity index (χ2v) is 7.78. The second-order valence-electron chi connectivity index (χ2n) is 4.14. The molecule has 1 aliphatic rings. The number of halogens is 2. The van der Waals surface area contributed by atoms with Gasteiger partial charge in [-0.15, -0.1) is 11.3 Å². The van der Waals surface area contributed by atoms with Gasteiger partial charge in [0.25, 0.3) is 5.91 Å². The molecule has 1 aromatic rings. The first-order valence-corrected chi connectivity index (χ1v) is 7.79. The van der Waals surface area contributed by atoms with Gasteiger partial charge in [0.2, 0.25) is 0 Å². The van der Waals surface area contributed by atoms with Gasteiger partial charge in [-0.25, -0.2) is 0 Å². The van der Waals surface area contributed by atoms with Gasteiger partial charge in [-0.2, -0.15) is 0 Å². The van der Waals surface area contributed by atoms with Crippen molar-refractivity contribution in [2.45, 2.75) is 18.2 Å². The number of piperidine rings is 1. The van der Waals surface area contributed by atoms with E-state index in [9.17, 15) is 4.79 Å². The minimum atomic E-state index is 0.168. The van der Waals surface area contributed by atoms with Crippen molar-refractivity contribution in [1.82, 2.24) is 4.90 Å². The maximum Gasteiger partial charge on any atom is 0.263 e. The van der Waals surface area contributed by atoms with E-state index in [0.717, 1.165) is 28.2 Å². The number of thiophene rings is 1. The van der Waals surface area contributed by atoms with Crippen molar-refractivity contribution in [2.75, 3.05) is 13.1 Å². The molecule has 0 aliphatic carbocycles. The van der Waals surface area contributed by atoms with E-state index in [2.05, 4.69) is 38.8 Å². The van der Waals surface area contributed by atoms with Gasteiger partial charge in [-0.3, -0.25) is 4.79 Å². The van der Waals surface area contributed by atoms with E-state index < -0.39 is 0 Å². The molecule has 2 nitrogen and oxygen atoms in total.